The van der Waals surface area contributed by atoms with Crippen LogP contribution in [0.4, 0.5) is 0 Å². The predicted molar refractivity (Wildman–Crippen MR) is 237 cm³/mol. The molecule has 0 aliphatic rings. The van der Waals surface area contributed by atoms with Crippen molar-refractivity contribution in [2.24, 2.45) is 0 Å². The topological polar surface area (TPSA) is 0 Å². The average Bonchev–Trinajstić information content (AvgIpc) is 3.77. The Balaban J connectivity index is 1.19. The Hall–Kier alpha value is -6.80. The lowest BCUT2D eigenvalue weighted by atomic mass is 9.84. The van der Waals surface area contributed by atoms with Gasteiger partial charge in [0, 0.05) is 9.75 Å². The normalized spacial score (nSPS) is 11.3. The van der Waals surface area contributed by atoms with Crippen LogP contribution < -0.4 is 0 Å². The molecule has 0 nitrogen and oxygen atoms in total. The van der Waals surface area contributed by atoms with Gasteiger partial charge in [-0.25, -0.2) is 0 Å². The molecular formula is C54H36S. The first-order valence-corrected chi connectivity index (χ1v) is 19.6. The van der Waals surface area contributed by atoms with E-state index in [1.54, 1.807) is 0 Å². The lowest BCUT2D eigenvalue weighted by Crippen LogP contribution is -1.92. The Morgan fingerprint density at radius 1 is 0.200 bits per heavy atom. The zero-order chi connectivity index (χ0) is 36.6. The van der Waals surface area contributed by atoms with Crippen molar-refractivity contribution in [3.63, 3.8) is 0 Å². The maximum absolute atomic E-state index is 2.43. The summed E-state index contributed by atoms with van der Waals surface area (Å²) in [5.74, 6) is 0. The second kappa shape index (κ2) is 14.2. The van der Waals surface area contributed by atoms with E-state index in [1.165, 1.54) is 98.1 Å². The molecule has 0 aliphatic carbocycles. The third kappa shape index (κ3) is 6.25. The minimum Gasteiger partial charge on any atom is -0.135 e. The van der Waals surface area contributed by atoms with Crippen molar-refractivity contribution in [3.8, 4) is 76.5 Å². The number of thiophene rings is 1. The van der Waals surface area contributed by atoms with Crippen LogP contribution in [0.5, 0.6) is 0 Å². The van der Waals surface area contributed by atoms with E-state index in [0.717, 1.165) is 0 Å². The van der Waals surface area contributed by atoms with Crippen molar-refractivity contribution in [1.29, 1.82) is 0 Å². The maximum Gasteiger partial charge on any atom is 0.0349 e. The number of rotatable bonds is 7. The first-order chi connectivity index (χ1) is 27.3. The largest absolute Gasteiger partial charge is 0.135 e. The Morgan fingerprint density at radius 3 is 1.13 bits per heavy atom. The van der Waals surface area contributed by atoms with Crippen LogP contribution in [0.1, 0.15) is 0 Å². The van der Waals surface area contributed by atoms with E-state index < -0.39 is 0 Å². The van der Waals surface area contributed by atoms with Gasteiger partial charge < -0.3 is 0 Å². The van der Waals surface area contributed by atoms with E-state index in [2.05, 4.69) is 218 Å². The van der Waals surface area contributed by atoms with Gasteiger partial charge in [0.05, 0.1) is 0 Å². The molecule has 10 rings (SSSR count). The minimum atomic E-state index is 1.20. The summed E-state index contributed by atoms with van der Waals surface area (Å²) in [7, 11) is 0. The molecule has 0 atom stereocenters. The van der Waals surface area contributed by atoms with Gasteiger partial charge in [-0.2, -0.15) is 0 Å². The molecule has 0 N–H and O–H groups in total. The molecule has 0 spiro atoms. The fraction of sp³-hybridized carbons (Fsp3) is 0. The summed E-state index contributed by atoms with van der Waals surface area (Å²) < 4.78 is 0. The highest BCUT2D eigenvalue weighted by Crippen LogP contribution is 2.46. The molecule has 0 aliphatic heterocycles. The van der Waals surface area contributed by atoms with Gasteiger partial charge >= 0.3 is 0 Å². The lowest BCUT2D eigenvalue weighted by molar-refractivity contribution is 1.60. The first kappa shape index (κ1) is 32.8. The van der Waals surface area contributed by atoms with Crippen molar-refractivity contribution in [3.05, 3.63) is 218 Å². The number of hydrogen-bond donors (Lipinski definition) is 0. The van der Waals surface area contributed by atoms with Crippen LogP contribution in [0, 0.1) is 0 Å². The summed E-state index contributed by atoms with van der Waals surface area (Å²) in [5.41, 5.74) is 14.7. The third-order valence-electron chi connectivity index (χ3n) is 10.7. The molecule has 258 valence electrons. The summed E-state index contributed by atoms with van der Waals surface area (Å²) in [6, 6.07) is 79.7. The Labute approximate surface area is 326 Å². The van der Waals surface area contributed by atoms with E-state index >= 15 is 0 Å². The zero-order valence-corrected chi connectivity index (χ0v) is 31.0. The Morgan fingerprint density at radius 2 is 0.564 bits per heavy atom. The third-order valence-corrected chi connectivity index (χ3v) is 11.9. The van der Waals surface area contributed by atoms with Crippen molar-refractivity contribution in [2.45, 2.75) is 0 Å². The van der Waals surface area contributed by atoms with Gasteiger partial charge in [0.1, 0.15) is 0 Å². The summed E-state index contributed by atoms with van der Waals surface area (Å²) in [5, 5.41) is 4.99. The highest BCUT2D eigenvalue weighted by atomic mass is 32.1. The summed E-state index contributed by atoms with van der Waals surface area (Å²) in [4.78, 5) is 2.55. The predicted octanol–water partition coefficient (Wildman–Crippen LogP) is 15.7. The molecule has 55 heavy (non-hydrogen) atoms. The standard InChI is InChI=1S/C54H36S/c1-4-15-37(16-5-1)40-21-13-25-45(34-40)53-47-27-10-11-28-48(47)54(46-26-14-22-41(35-46)38-17-6-2-7-18-38)50-36-43(29-30-49(50)53)42-23-12-24-44(33-42)52-32-31-51(55-52)39-19-8-3-9-20-39/h1-36H. The van der Waals surface area contributed by atoms with Gasteiger partial charge in [0.25, 0.3) is 0 Å². The SMILES string of the molecule is c1ccc(-c2cccc(-c3c4ccccc4c(-c4cccc(-c5ccccc5)c4)c4cc(-c5cccc(-c6ccc(-c7ccccc7)s6)c5)ccc34)c2)cc1. The van der Waals surface area contributed by atoms with Crippen molar-refractivity contribution in [1.82, 2.24) is 0 Å². The molecule has 9 aromatic carbocycles. The quantitative estimate of drug-likeness (QED) is 0.144. The van der Waals surface area contributed by atoms with Crippen molar-refractivity contribution >= 4 is 32.9 Å². The zero-order valence-electron chi connectivity index (χ0n) is 30.2. The van der Waals surface area contributed by atoms with E-state index in [0.29, 0.717) is 0 Å². The van der Waals surface area contributed by atoms with Crippen LogP contribution in [0.2, 0.25) is 0 Å². The van der Waals surface area contributed by atoms with E-state index in [1.807, 2.05) is 11.3 Å². The Bertz CT molecular complexity index is 2960. The molecule has 0 radical (unpaired) electrons. The molecule has 1 heterocycles. The monoisotopic (exact) mass is 716 g/mol. The summed E-state index contributed by atoms with van der Waals surface area (Å²) >= 11 is 1.85. The van der Waals surface area contributed by atoms with Crippen LogP contribution in [0.25, 0.3) is 98.1 Å². The van der Waals surface area contributed by atoms with E-state index in [9.17, 15) is 0 Å². The lowest BCUT2D eigenvalue weighted by Gasteiger charge is -2.19. The number of hydrogen-bond acceptors (Lipinski definition) is 1. The van der Waals surface area contributed by atoms with Crippen LogP contribution in [0.3, 0.4) is 0 Å². The maximum atomic E-state index is 2.43. The van der Waals surface area contributed by atoms with Gasteiger partial charge in [-0.05, 0) is 125 Å². The minimum absolute atomic E-state index is 1.20. The van der Waals surface area contributed by atoms with Crippen LogP contribution in [0.15, 0.2) is 218 Å². The van der Waals surface area contributed by atoms with Crippen LogP contribution in [-0.4, -0.2) is 0 Å². The van der Waals surface area contributed by atoms with Crippen LogP contribution >= 0.6 is 11.3 Å². The molecule has 10 aromatic rings. The second-order valence-corrected chi connectivity index (χ2v) is 15.1. The smallest absolute Gasteiger partial charge is 0.0349 e. The second-order valence-electron chi connectivity index (χ2n) is 14.1. The van der Waals surface area contributed by atoms with Gasteiger partial charge in [0.15, 0.2) is 0 Å². The van der Waals surface area contributed by atoms with Gasteiger partial charge in [-0.1, -0.05) is 182 Å². The van der Waals surface area contributed by atoms with Gasteiger partial charge in [-0.15, -0.1) is 11.3 Å². The summed E-state index contributed by atoms with van der Waals surface area (Å²) in [6.07, 6.45) is 0. The van der Waals surface area contributed by atoms with Gasteiger partial charge in [-0.3, -0.25) is 0 Å². The van der Waals surface area contributed by atoms with Crippen molar-refractivity contribution in [2.75, 3.05) is 0 Å². The summed E-state index contributed by atoms with van der Waals surface area (Å²) in [6.45, 7) is 0. The van der Waals surface area contributed by atoms with Crippen molar-refractivity contribution < 1.29 is 0 Å². The fourth-order valence-corrected chi connectivity index (χ4v) is 9.06. The number of benzene rings is 9. The van der Waals surface area contributed by atoms with E-state index in [-0.39, 0.29) is 0 Å². The van der Waals surface area contributed by atoms with Crippen LogP contribution in [-0.2, 0) is 0 Å². The average molecular weight is 717 g/mol. The van der Waals surface area contributed by atoms with Gasteiger partial charge in [0.2, 0.25) is 0 Å². The molecule has 0 bridgehead atoms. The molecule has 0 unspecified atom stereocenters. The molecule has 1 aromatic heterocycles. The molecular weight excluding hydrogens is 681 g/mol. The molecule has 0 amide bonds. The molecule has 0 fully saturated rings. The Kier molecular flexibility index (Phi) is 8.48. The number of fused-ring (bicyclic) bond motifs is 2. The highest BCUT2D eigenvalue weighted by molar-refractivity contribution is 7.18. The fourth-order valence-electron chi connectivity index (χ4n) is 8.05. The first-order valence-electron chi connectivity index (χ1n) is 18.8. The van der Waals surface area contributed by atoms with E-state index in [4.69, 9.17) is 0 Å². The molecule has 0 saturated carbocycles. The molecule has 1 heteroatoms. The molecule has 0 saturated heterocycles. The highest BCUT2D eigenvalue weighted by Gasteiger charge is 2.19.